The highest BCUT2D eigenvalue weighted by molar-refractivity contribution is 6.31. The van der Waals surface area contributed by atoms with Crippen LogP contribution in [0.1, 0.15) is 54.2 Å². The summed E-state index contributed by atoms with van der Waals surface area (Å²) in [6, 6.07) is 18.7. The number of ether oxygens (including phenoxy) is 1. The minimum Gasteiger partial charge on any atom is -0.477 e. The van der Waals surface area contributed by atoms with Gasteiger partial charge in [0.15, 0.2) is 6.10 Å². The van der Waals surface area contributed by atoms with Crippen LogP contribution in [0.3, 0.4) is 0 Å². The van der Waals surface area contributed by atoms with Gasteiger partial charge in [0.05, 0.1) is 16.6 Å². The molecule has 0 aliphatic rings. The maximum atomic E-state index is 13.8. The zero-order valence-electron chi connectivity index (χ0n) is 20.9. The second kappa shape index (κ2) is 10.5. The first-order valence-electron chi connectivity index (χ1n) is 12.2. The Balaban J connectivity index is 1.55. The molecule has 0 radical (unpaired) electrons. The highest BCUT2D eigenvalue weighted by Crippen LogP contribution is 2.31. The summed E-state index contributed by atoms with van der Waals surface area (Å²) in [7, 11) is 0. The zero-order chi connectivity index (χ0) is 25.9. The molecule has 1 atom stereocenters. The lowest BCUT2D eigenvalue weighted by atomic mass is 10.0. The first-order chi connectivity index (χ1) is 18.0. The number of hydrogen-bond acceptors (Lipinski definition) is 6. The summed E-state index contributed by atoms with van der Waals surface area (Å²) in [5, 5.41) is 15.5. The molecule has 3 aromatic carbocycles. The largest absolute Gasteiger partial charge is 0.477 e. The molecule has 0 saturated heterocycles. The van der Waals surface area contributed by atoms with Crippen LogP contribution in [0.15, 0.2) is 65.5 Å². The van der Waals surface area contributed by atoms with Crippen molar-refractivity contribution in [1.82, 2.24) is 30.2 Å². The van der Waals surface area contributed by atoms with Gasteiger partial charge in [-0.25, -0.2) is 4.98 Å². The van der Waals surface area contributed by atoms with E-state index in [1.54, 1.807) is 10.6 Å². The normalized spacial score (nSPS) is 12.1. The SMILES string of the molecule is CCCCc1nc2ccc(C)c(C)c2c(=O)n1-c1ccc(OC(c2nn[nH]n2)c2ccccc2Cl)cc1. The van der Waals surface area contributed by atoms with Crippen LogP contribution in [-0.4, -0.2) is 30.2 Å². The number of nitrogens with one attached hydrogen (secondary N) is 1. The van der Waals surface area contributed by atoms with E-state index in [0.29, 0.717) is 28.4 Å². The third-order valence-corrected chi connectivity index (χ3v) is 6.87. The molecular weight excluding hydrogens is 488 g/mol. The van der Waals surface area contributed by atoms with Gasteiger partial charge in [0.25, 0.3) is 5.56 Å². The fraction of sp³-hybridized carbons (Fsp3) is 0.250. The molecule has 0 spiro atoms. The molecular formula is C28H27ClN6O2. The highest BCUT2D eigenvalue weighted by atomic mass is 35.5. The number of tetrazole rings is 1. The van der Waals surface area contributed by atoms with E-state index < -0.39 is 6.10 Å². The maximum Gasteiger partial charge on any atom is 0.266 e. The number of nitrogens with zero attached hydrogens (tertiary/aromatic N) is 5. The van der Waals surface area contributed by atoms with Crippen molar-refractivity contribution in [3.8, 4) is 11.4 Å². The van der Waals surface area contributed by atoms with E-state index in [-0.39, 0.29) is 5.56 Å². The number of fused-ring (bicyclic) bond motifs is 1. The quantitative estimate of drug-likeness (QED) is 0.286. The summed E-state index contributed by atoms with van der Waals surface area (Å²) in [6.45, 7) is 6.11. The predicted molar refractivity (Wildman–Crippen MR) is 144 cm³/mol. The first-order valence-corrected chi connectivity index (χ1v) is 12.6. The number of halogens is 1. The van der Waals surface area contributed by atoms with Crippen LogP contribution < -0.4 is 10.3 Å². The standard InChI is InChI=1S/C28H27ClN6O2/c1-4-5-10-24-30-23-16-11-17(2)18(3)25(23)28(36)35(24)19-12-14-20(15-13-19)37-26(27-31-33-34-32-27)21-8-6-7-9-22(21)29/h6-9,11-16,26H,4-5,10H2,1-3H3,(H,31,32,33,34). The van der Waals surface area contributed by atoms with Crippen LogP contribution in [0.4, 0.5) is 0 Å². The second-order valence-corrected chi connectivity index (χ2v) is 9.36. The van der Waals surface area contributed by atoms with Gasteiger partial charge in [-0.15, -0.1) is 10.2 Å². The van der Waals surface area contributed by atoms with E-state index in [4.69, 9.17) is 21.3 Å². The molecule has 0 aliphatic carbocycles. The molecule has 5 rings (SSSR count). The molecule has 0 saturated carbocycles. The Morgan fingerprint density at radius 2 is 1.84 bits per heavy atom. The van der Waals surface area contributed by atoms with Gasteiger partial charge in [-0.3, -0.25) is 9.36 Å². The Morgan fingerprint density at radius 3 is 2.54 bits per heavy atom. The van der Waals surface area contributed by atoms with E-state index in [0.717, 1.165) is 46.6 Å². The number of H-pyrrole nitrogens is 1. The van der Waals surface area contributed by atoms with Crippen molar-refractivity contribution < 1.29 is 4.74 Å². The van der Waals surface area contributed by atoms with Gasteiger partial charge in [0, 0.05) is 17.0 Å². The van der Waals surface area contributed by atoms with E-state index in [9.17, 15) is 4.79 Å². The average Bonchev–Trinajstić information content (AvgIpc) is 3.44. The van der Waals surface area contributed by atoms with Crippen LogP contribution in [0.5, 0.6) is 5.75 Å². The van der Waals surface area contributed by atoms with Crippen molar-refractivity contribution in [3.05, 3.63) is 104 Å². The van der Waals surface area contributed by atoms with Gasteiger partial charge < -0.3 is 4.74 Å². The zero-order valence-corrected chi connectivity index (χ0v) is 21.7. The summed E-state index contributed by atoms with van der Waals surface area (Å²) in [5.74, 6) is 1.68. The molecule has 37 heavy (non-hydrogen) atoms. The predicted octanol–water partition coefficient (Wildman–Crippen LogP) is 5.68. The lowest BCUT2D eigenvalue weighted by molar-refractivity contribution is 0.237. The van der Waals surface area contributed by atoms with Crippen molar-refractivity contribution in [2.45, 2.75) is 46.1 Å². The van der Waals surface area contributed by atoms with Gasteiger partial charge in [0.2, 0.25) is 5.82 Å². The number of hydrogen-bond donors (Lipinski definition) is 1. The average molecular weight is 515 g/mol. The number of aromatic amines is 1. The van der Waals surface area contributed by atoms with Crippen LogP contribution >= 0.6 is 11.6 Å². The number of aromatic nitrogens is 6. The van der Waals surface area contributed by atoms with Crippen molar-refractivity contribution in [1.29, 1.82) is 0 Å². The van der Waals surface area contributed by atoms with Crippen molar-refractivity contribution in [2.24, 2.45) is 0 Å². The molecule has 0 bridgehead atoms. The second-order valence-electron chi connectivity index (χ2n) is 8.96. The third-order valence-electron chi connectivity index (χ3n) is 6.53. The van der Waals surface area contributed by atoms with Crippen LogP contribution in [-0.2, 0) is 6.42 Å². The Morgan fingerprint density at radius 1 is 1.05 bits per heavy atom. The summed E-state index contributed by atoms with van der Waals surface area (Å²) in [6.07, 6.45) is 2.00. The smallest absolute Gasteiger partial charge is 0.266 e. The Kier molecular flexibility index (Phi) is 7.01. The number of unbranched alkanes of at least 4 members (excludes halogenated alkanes) is 1. The molecule has 0 amide bonds. The summed E-state index contributed by atoms with van der Waals surface area (Å²) in [4.78, 5) is 18.7. The Hall–Kier alpha value is -4.04. The highest BCUT2D eigenvalue weighted by Gasteiger charge is 2.23. The first kappa shape index (κ1) is 24.6. The van der Waals surface area contributed by atoms with Gasteiger partial charge in [0.1, 0.15) is 11.6 Å². The molecule has 0 fully saturated rings. The van der Waals surface area contributed by atoms with Gasteiger partial charge in [-0.2, -0.15) is 5.21 Å². The Bertz CT molecular complexity index is 1600. The summed E-state index contributed by atoms with van der Waals surface area (Å²) >= 11 is 6.44. The fourth-order valence-corrected chi connectivity index (χ4v) is 4.62. The van der Waals surface area contributed by atoms with E-state index in [1.807, 2.05) is 68.4 Å². The number of aryl methyl sites for hydroxylation is 3. The van der Waals surface area contributed by atoms with Crippen LogP contribution in [0.25, 0.3) is 16.6 Å². The molecule has 2 heterocycles. The fourth-order valence-electron chi connectivity index (χ4n) is 4.39. The van der Waals surface area contributed by atoms with Crippen LogP contribution in [0.2, 0.25) is 5.02 Å². The summed E-state index contributed by atoms with van der Waals surface area (Å²) < 4.78 is 8.00. The van der Waals surface area contributed by atoms with E-state index in [2.05, 4.69) is 27.5 Å². The summed E-state index contributed by atoms with van der Waals surface area (Å²) in [5.41, 5.74) is 4.14. The molecule has 1 N–H and O–H groups in total. The van der Waals surface area contributed by atoms with E-state index >= 15 is 0 Å². The molecule has 2 aromatic heterocycles. The molecule has 1 unspecified atom stereocenters. The molecule has 188 valence electrons. The molecule has 9 heteroatoms. The minimum absolute atomic E-state index is 0.0632. The van der Waals surface area contributed by atoms with Crippen molar-refractivity contribution >= 4 is 22.5 Å². The third kappa shape index (κ3) is 4.84. The van der Waals surface area contributed by atoms with Gasteiger partial charge in [-0.05, 0) is 67.8 Å². The topological polar surface area (TPSA) is 98.6 Å². The van der Waals surface area contributed by atoms with Crippen molar-refractivity contribution in [3.63, 3.8) is 0 Å². The van der Waals surface area contributed by atoms with Crippen LogP contribution in [0, 0.1) is 13.8 Å². The monoisotopic (exact) mass is 514 g/mol. The molecule has 0 aliphatic heterocycles. The van der Waals surface area contributed by atoms with Gasteiger partial charge in [-0.1, -0.05) is 54.4 Å². The minimum atomic E-state index is -0.658. The van der Waals surface area contributed by atoms with Crippen molar-refractivity contribution in [2.75, 3.05) is 0 Å². The van der Waals surface area contributed by atoms with Gasteiger partial charge >= 0.3 is 0 Å². The molecule has 5 aromatic rings. The number of benzene rings is 3. The lowest BCUT2D eigenvalue weighted by Crippen LogP contribution is -2.25. The maximum absolute atomic E-state index is 13.8. The Labute approximate surface area is 219 Å². The lowest BCUT2D eigenvalue weighted by Gasteiger charge is -2.19. The van der Waals surface area contributed by atoms with E-state index in [1.165, 1.54) is 0 Å². The number of rotatable bonds is 8. The molecule has 8 nitrogen and oxygen atoms in total.